The van der Waals surface area contributed by atoms with E-state index in [1.54, 1.807) is 6.92 Å². The third kappa shape index (κ3) is 4.01. The van der Waals surface area contributed by atoms with Gasteiger partial charge in [-0.2, -0.15) is 0 Å². The van der Waals surface area contributed by atoms with Gasteiger partial charge in [0.1, 0.15) is 17.1 Å². The Morgan fingerprint density at radius 3 is 2.77 bits per heavy atom. The summed E-state index contributed by atoms with van der Waals surface area (Å²) in [6.45, 7) is 3.39. The molecule has 4 amide bonds. The number of carbonyl (C=O) groups excluding carboxylic acids is 4. The lowest BCUT2D eigenvalue weighted by molar-refractivity contribution is -0.133. The van der Waals surface area contributed by atoms with Crippen molar-refractivity contribution in [3.63, 3.8) is 0 Å². The van der Waals surface area contributed by atoms with Crippen molar-refractivity contribution < 1.29 is 23.9 Å². The van der Waals surface area contributed by atoms with Crippen molar-refractivity contribution in [1.82, 2.24) is 10.2 Å². The second-order valence-electron chi connectivity index (χ2n) is 9.88. The van der Waals surface area contributed by atoms with Crippen molar-refractivity contribution in [2.75, 3.05) is 19.0 Å². The molecule has 2 aliphatic carbocycles. The number of methoxy groups -OCH3 is 1. The minimum atomic E-state index is -1.23. The molecule has 2 heterocycles. The van der Waals surface area contributed by atoms with Crippen molar-refractivity contribution in [3.05, 3.63) is 50.9 Å². The molecule has 1 fully saturated rings. The van der Waals surface area contributed by atoms with Gasteiger partial charge < -0.3 is 15.4 Å². The molecule has 2 unspecified atom stereocenters. The zero-order chi connectivity index (χ0) is 24.9. The third-order valence-corrected chi connectivity index (χ3v) is 8.58. The van der Waals surface area contributed by atoms with E-state index in [2.05, 4.69) is 17.6 Å². The summed E-state index contributed by atoms with van der Waals surface area (Å²) in [6.07, 6.45) is 5.62. The summed E-state index contributed by atoms with van der Waals surface area (Å²) in [4.78, 5) is 53.6. The molecule has 1 saturated heterocycles. The first-order chi connectivity index (χ1) is 16.7. The van der Waals surface area contributed by atoms with Crippen LogP contribution in [0, 0.1) is 5.92 Å². The fourth-order valence-electron chi connectivity index (χ4n) is 5.39. The largest absolute Gasteiger partial charge is 0.465 e. The Balaban J connectivity index is 1.35. The molecule has 9 heteroatoms. The van der Waals surface area contributed by atoms with Gasteiger partial charge in [-0.15, -0.1) is 11.3 Å². The number of fused-ring (bicyclic) bond motifs is 2. The van der Waals surface area contributed by atoms with E-state index in [-0.39, 0.29) is 0 Å². The molecule has 2 atom stereocenters. The molecule has 0 saturated carbocycles. The molecular formula is C26H29N3O5S. The lowest BCUT2D eigenvalue weighted by Gasteiger charge is -2.23. The molecule has 0 radical (unpaired) electrons. The number of carbonyl (C=O) groups is 4. The van der Waals surface area contributed by atoms with E-state index in [9.17, 15) is 19.2 Å². The van der Waals surface area contributed by atoms with Gasteiger partial charge in [0.05, 0.1) is 12.7 Å². The lowest BCUT2D eigenvalue weighted by atomic mass is 9.88. The molecule has 35 heavy (non-hydrogen) atoms. The summed E-state index contributed by atoms with van der Waals surface area (Å²) in [5.41, 5.74) is 3.27. The molecular weight excluding hydrogens is 466 g/mol. The number of amides is 4. The number of ether oxygens (including phenoxy) is 1. The summed E-state index contributed by atoms with van der Waals surface area (Å²) in [6, 6.07) is 5.28. The predicted molar refractivity (Wildman–Crippen MR) is 132 cm³/mol. The number of anilines is 1. The van der Waals surface area contributed by atoms with Crippen molar-refractivity contribution in [2.24, 2.45) is 5.92 Å². The van der Waals surface area contributed by atoms with Gasteiger partial charge in [0.25, 0.3) is 5.91 Å². The summed E-state index contributed by atoms with van der Waals surface area (Å²) < 4.78 is 4.97. The van der Waals surface area contributed by atoms with E-state index in [1.165, 1.54) is 29.6 Å². The number of benzene rings is 1. The fourth-order valence-corrected chi connectivity index (χ4v) is 6.80. The molecule has 184 valence electrons. The number of esters is 1. The smallest absolute Gasteiger partial charge is 0.341 e. The molecule has 1 aromatic carbocycles. The van der Waals surface area contributed by atoms with Crippen LogP contribution in [0.5, 0.6) is 0 Å². The van der Waals surface area contributed by atoms with Crippen LogP contribution < -0.4 is 10.6 Å². The van der Waals surface area contributed by atoms with Crippen LogP contribution in [0.1, 0.15) is 64.2 Å². The van der Waals surface area contributed by atoms with Crippen LogP contribution in [-0.4, -0.2) is 42.4 Å². The molecule has 3 aliphatic rings. The predicted octanol–water partition coefficient (Wildman–Crippen LogP) is 3.55. The number of urea groups is 1. The van der Waals surface area contributed by atoms with Gasteiger partial charge in [0.15, 0.2) is 0 Å². The topological polar surface area (TPSA) is 105 Å². The van der Waals surface area contributed by atoms with Crippen molar-refractivity contribution >= 4 is 40.2 Å². The lowest BCUT2D eigenvalue weighted by Crippen LogP contribution is -2.42. The molecule has 2 aromatic rings. The molecule has 5 rings (SSSR count). The zero-order valence-electron chi connectivity index (χ0n) is 20.2. The van der Waals surface area contributed by atoms with Gasteiger partial charge in [0, 0.05) is 4.88 Å². The number of hydrogen-bond acceptors (Lipinski definition) is 6. The number of thiophene rings is 1. The van der Waals surface area contributed by atoms with Crippen molar-refractivity contribution in [3.8, 4) is 0 Å². The highest BCUT2D eigenvalue weighted by molar-refractivity contribution is 7.17. The van der Waals surface area contributed by atoms with Crippen molar-refractivity contribution in [2.45, 2.75) is 57.9 Å². The van der Waals surface area contributed by atoms with Crippen LogP contribution >= 0.6 is 11.3 Å². The number of imide groups is 1. The first kappa shape index (κ1) is 23.5. The van der Waals surface area contributed by atoms with Gasteiger partial charge in [-0.3, -0.25) is 14.5 Å². The summed E-state index contributed by atoms with van der Waals surface area (Å²) >= 11 is 1.37. The van der Waals surface area contributed by atoms with E-state index in [4.69, 9.17) is 4.74 Å². The number of rotatable bonds is 5. The fraction of sp³-hybridized carbons (Fsp3) is 0.462. The second-order valence-corrected chi connectivity index (χ2v) is 11.0. The average Bonchev–Trinajstić information content (AvgIpc) is 3.49. The Hall–Kier alpha value is -3.20. The van der Waals surface area contributed by atoms with Gasteiger partial charge in [0.2, 0.25) is 5.91 Å². The number of nitrogens with one attached hydrogen (secondary N) is 2. The van der Waals surface area contributed by atoms with E-state index < -0.39 is 35.9 Å². The molecule has 1 aliphatic heterocycles. The number of aryl methyl sites for hydroxylation is 2. The van der Waals surface area contributed by atoms with Gasteiger partial charge in [-0.05, 0) is 73.6 Å². The summed E-state index contributed by atoms with van der Waals surface area (Å²) in [7, 11) is 1.32. The first-order valence-electron chi connectivity index (χ1n) is 12.0. The minimum absolute atomic E-state index is 0.382. The van der Waals surface area contributed by atoms with E-state index in [0.29, 0.717) is 22.0 Å². The molecule has 8 nitrogen and oxygen atoms in total. The van der Waals surface area contributed by atoms with Crippen LogP contribution in [0.3, 0.4) is 0 Å². The maximum Gasteiger partial charge on any atom is 0.341 e. The summed E-state index contributed by atoms with van der Waals surface area (Å²) in [5, 5.41) is 5.96. The van der Waals surface area contributed by atoms with Gasteiger partial charge >= 0.3 is 12.0 Å². The molecule has 1 aromatic heterocycles. The zero-order valence-corrected chi connectivity index (χ0v) is 21.0. The quantitative estimate of drug-likeness (QED) is 0.488. The standard InChI is InChI=1S/C26H29N3O5S/c1-14-7-10-18-19(11-14)35-22(21(18)23(31)34-3)27-20(30)13-29-24(32)26(2,28-25(29)33)17-9-8-15-5-4-6-16(15)12-17/h8-9,12,14H,4-7,10-11,13H2,1-3H3,(H,27,30)(H,28,33). The molecule has 0 spiro atoms. The molecule has 0 bridgehead atoms. The SMILES string of the molecule is COC(=O)c1c(NC(=O)CN2C(=O)NC(C)(c3ccc4c(c3)CCC4)C2=O)sc2c1CCC(C)C2. The highest BCUT2D eigenvalue weighted by atomic mass is 32.1. The maximum atomic E-state index is 13.3. The third-order valence-electron chi connectivity index (χ3n) is 7.41. The highest BCUT2D eigenvalue weighted by Gasteiger charge is 2.49. The van der Waals surface area contributed by atoms with Gasteiger partial charge in [-0.25, -0.2) is 9.59 Å². The van der Waals surface area contributed by atoms with E-state index >= 15 is 0 Å². The Kier molecular flexibility index (Phi) is 5.91. The summed E-state index contributed by atoms with van der Waals surface area (Å²) in [5.74, 6) is -1.00. The average molecular weight is 496 g/mol. The van der Waals surface area contributed by atoms with Crippen LogP contribution in [0.25, 0.3) is 0 Å². The Bertz CT molecular complexity index is 1250. The van der Waals surface area contributed by atoms with Crippen LogP contribution in [0.2, 0.25) is 0 Å². The first-order valence-corrected chi connectivity index (χ1v) is 12.8. The Morgan fingerprint density at radius 1 is 1.23 bits per heavy atom. The highest BCUT2D eigenvalue weighted by Crippen LogP contribution is 2.40. The normalized spacial score (nSPS) is 23.1. The Morgan fingerprint density at radius 2 is 2.00 bits per heavy atom. The van der Waals surface area contributed by atoms with E-state index in [1.807, 2.05) is 18.2 Å². The Labute approximate surface area is 208 Å². The number of nitrogens with zero attached hydrogens (tertiary/aromatic N) is 1. The van der Waals surface area contributed by atoms with Crippen molar-refractivity contribution in [1.29, 1.82) is 0 Å². The van der Waals surface area contributed by atoms with Crippen LogP contribution in [0.4, 0.5) is 9.80 Å². The molecule has 2 N–H and O–H groups in total. The van der Waals surface area contributed by atoms with E-state index in [0.717, 1.165) is 53.9 Å². The minimum Gasteiger partial charge on any atom is -0.465 e. The second kappa shape index (κ2) is 8.78. The maximum absolute atomic E-state index is 13.3. The monoisotopic (exact) mass is 495 g/mol. The number of hydrogen-bond donors (Lipinski definition) is 2. The van der Waals surface area contributed by atoms with Gasteiger partial charge in [-0.1, -0.05) is 25.1 Å². The van der Waals surface area contributed by atoms with Crippen LogP contribution in [0.15, 0.2) is 18.2 Å². The van der Waals surface area contributed by atoms with Crippen LogP contribution in [-0.2, 0) is 45.5 Å².